The molecule has 0 bridgehead atoms. The summed E-state index contributed by atoms with van der Waals surface area (Å²) < 4.78 is 5.72. The lowest BCUT2D eigenvalue weighted by molar-refractivity contribution is -0.172. The highest BCUT2D eigenvalue weighted by Gasteiger charge is 2.51. The number of carbonyl (C=O) groups is 3. The molecule has 0 aromatic rings. The Labute approximate surface area is 169 Å². The van der Waals surface area contributed by atoms with Crippen molar-refractivity contribution < 1.29 is 19.1 Å². The number of esters is 1. The lowest BCUT2D eigenvalue weighted by Gasteiger charge is -2.52. The third-order valence-corrected chi connectivity index (χ3v) is 8.19. The van der Waals surface area contributed by atoms with Crippen molar-refractivity contribution in [2.24, 2.45) is 29.1 Å². The summed E-state index contributed by atoms with van der Waals surface area (Å²) in [6.07, 6.45) is 9.14. The van der Waals surface area contributed by atoms with Crippen LogP contribution in [0.1, 0.15) is 86.0 Å². The first-order valence-electron chi connectivity index (χ1n) is 11.1. The second-order valence-electron chi connectivity index (χ2n) is 9.90. The number of ether oxygens (including phenoxy) is 1. The average Bonchev–Trinajstić information content (AvgIpc) is 2.66. The third kappa shape index (κ3) is 3.59. The Morgan fingerprint density at radius 1 is 1.11 bits per heavy atom. The largest absolute Gasteiger partial charge is 0.451 e. The summed E-state index contributed by atoms with van der Waals surface area (Å²) in [5.41, 5.74) is 0.461. The lowest BCUT2D eigenvalue weighted by atomic mass is 9.52. The van der Waals surface area contributed by atoms with Gasteiger partial charge >= 0.3 is 5.97 Å². The molecular weight excluding hydrogens is 352 g/mol. The quantitative estimate of drug-likeness (QED) is 0.621. The van der Waals surface area contributed by atoms with Crippen LogP contribution in [0.2, 0.25) is 0 Å². The standard InChI is InChI=1S/C24H36O4/c1-15-13-19-7-6-11-24(17(3)25,28-18(4)26)16(2)8-9-21(19)23(5)12-10-20(27)14-22(15)23/h14-16,19,21H,6-13H2,1-5H3/t15-,16-,19+,21-,23+,24+/m0/s1. The Hall–Kier alpha value is -1.45. The van der Waals surface area contributed by atoms with Gasteiger partial charge < -0.3 is 4.74 Å². The molecule has 3 rings (SSSR count). The van der Waals surface area contributed by atoms with Crippen LogP contribution in [0.3, 0.4) is 0 Å². The van der Waals surface area contributed by atoms with E-state index >= 15 is 0 Å². The second kappa shape index (κ2) is 7.76. The van der Waals surface area contributed by atoms with E-state index in [1.165, 1.54) is 12.5 Å². The van der Waals surface area contributed by atoms with E-state index in [2.05, 4.69) is 20.8 Å². The van der Waals surface area contributed by atoms with E-state index in [4.69, 9.17) is 4.74 Å². The van der Waals surface area contributed by atoms with Gasteiger partial charge in [0.15, 0.2) is 17.2 Å². The molecular formula is C24H36O4. The number of allylic oxidation sites excluding steroid dienone is 2. The monoisotopic (exact) mass is 388 g/mol. The number of fused-ring (bicyclic) bond motifs is 3. The normalized spacial score (nSPS) is 41.5. The van der Waals surface area contributed by atoms with Crippen LogP contribution in [-0.4, -0.2) is 23.1 Å². The van der Waals surface area contributed by atoms with Gasteiger partial charge in [0.1, 0.15) is 0 Å². The van der Waals surface area contributed by atoms with Gasteiger partial charge in [0.2, 0.25) is 0 Å². The fraction of sp³-hybridized carbons (Fsp3) is 0.792. The van der Waals surface area contributed by atoms with E-state index in [1.807, 2.05) is 6.08 Å². The van der Waals surface area contributed by atoms with Crippen LogP contribution in [0.25, 0.3) is 0 Å². The highest BCUT2D eigenvalue weighted by atomic mass is 16.6. The van der Waals surface area contributed by atoms with Crippen molar-refractivity contribution in [2.75, 3.05) is 0 Å². The summed E-state index contributed by atoms with van der Waals surface area (Å²) in [5.74, 6) is 1.48. The Kier molecular flexibility index (Phi) is 5.89. The number of Topliss-reactive ketones (excluding diaryl/α,β-unsaturated/α-hetero) is 1. The zero-order valence-corrected chi connectivity index (χ0v) is 18.2. The van der Waals surface area contributed by atoms with Gasteiger partial charge in [-0.1, -0.05) is 26.3 Å². The molecule has 0 amide bonds. The maximum atomic E-state index is 12.6. The summed E-state index contributed by atoms with van der Waals surface area (Å²) in [6, 6.07) is 0. The van der Waals surface area contributed by atoms with E-state index in [-0.39, 0.29) is 28.9 Å². The summed E-state index contributed by atoms with van der Waals surface area (Å²) in [5, 5.41) is 0. The van der Waals surface area contributed by atoms with Crippen molar-refractivity contribution in [2.45, 2.75) is 91.6 Å². The molecule has 0 spiro atoms. The number of hydrogen-bond donors (Lipinski definition) is 0. The zero-order chi connectivity index (χ0) is 20.7. The third-order valence-electron chi connectivity index (χ3n) is 8.19. The molecule has 0 radical (unpaired) electrons. The first-order valence-corrected chi connectivity index (χ1v) is 11.1. The molecule has 2 saturated carbocycles. The Morgan fingerprint density at radius 2 is 1.82 bits per heavy atom. The molecule has 0 aromatic carbocycles. The molecule has 6 atom stereocenters. The van der Waals surface area contributed by atoms with E-state index in [0.29, 0.717) is 30.6 Å². The molecule has 0 saturated heterocycles. The minimum atomic E-state index is -0.979. The highest BCUT2D eigenvalue weighted by Crippen LogP contribution is 2.58. The van der Waals surface area contributed by atoms with Gasteiger partial charge in [0.25, 0.3) is 0 Å². The minimum absolute atomic E-state index is 0.00764. The molecule has 0 heterocycles. The smallest absolute Gasteiger partial charge is 0.303 e. The van der Waals surface area contributed by atoms with Gasteiger partial charge in [-0.15, -0.1) is 0 Å². The molecule has 0 N–H and O–H groups in total. The van der Waals surface area contributed by atoms with Gasteiger partial charge in [0, 0.05) is 19.3 Å². The van der Waals surface area contributed by atoms with Gasteiger partial charge in [-0.3, -0.25) is 14.4 Å². The first-order chi connectivity index (χ1) is 13.1. The van der Waals surface area contributed by atoms with Crippen molar-refractivity contribution in [3.63, 3.8) is 0 Å². The molecule has 4 nitrogen and oxygen atoms in total. The number of carbonyl (C=O) groups excluding carboxylic acids is 3. The van der Waals surface area contributed by atoms with Crippen molar-refractivity contribution in [1.29, 1.82) is 0 Å². The topological polar surface area (TPSA) is 60.4 Å². The van der Waals surface area contributed by atoms with Gasteiger partial charge in [0.05, 0.1) is 0 Å². The van der Waals surface area contributed by atoms with Gasteiger partial charge in [-0.05, 0) is 81.1 Å². The van der Waals surface area contributed by atoms with Crippen LogP contribution in [-0.2, 0) is 19.1 Å². The number of ketones is 2. The predicted octanol–water partition coefficient (Wildman–Crippen LogP) is 5.05. The molecule has 2 fully saturated rings. The molecule has 0 unspecified atom stereocenters. The first kappa shape index (κ1) is 21.3. The molecule has 28 heavy (non-hydrogen) atoms. The van der Waals surface area contributed by atoms with Crippen molar-refractivity contribution in [3.05, 3.63) is 11.6 Å². The fourth-order valence-corrected chi connectivity index (χ4v) is 6.72. The van der Waals surface area contributed by atoms with Crippen molar-refractivity contribution >= 4 is 17.5 Å². The van der Waals surface area contributed by atoms with Crippen LogP contribution >= 0.6 is 0 Å². The van der Waals surface area contributed by atoms with Crippen LogP contribution in [0.15, 0.2) is 11.6 Å². The SMILES string of the molecule is CC(=O)O[C@]1(C(C)=O)CCC[C@@H]2C[C@H](C)C3=CC(=O)CC[C@]3(C)[C@H]2CC[C@@H]1C. The molecule has 0 aliphatic heterocycles. The molecule has 156 valence electrons. The predicted molar refractivity (Wildman–Crippen MR) is 109 cm³/mol. The Morgan fingerprint density at radius 3 is 2.46 bits per heavy atom. The molecule has 3 aliphatic carbocycles. The van der Waals surface area contributed by atoms with Gasteiger partial charge in [-0.25, -0.2) is 0 Å². The van der Waals surface area contributed by atoms with E-state index in [9.17, 15) is 14.4 Å². The van der Waals surface area contributed by atoms with E-state index in [0.717, 1.165) is 38.5 Å². The number of hydrogen-bond acceptors (Lipinski definition) is 4. The zero-order valence-electron chi connectivity index (χ0n) is 18.2. The van der Waals surface area contributed by atoms with Crippen molar-refractivity contribution in [3.8, 4) is 0 Å². The summed E-state index contributed by atoms with van der Waals surface area (Å²) >= 11 is 0. The van der Waals surface area contributed by atoms with E-state index < -0.39 is 5.60 Å². The summed E-state index contributed by atoms with van der Waals surface area (Å²) in [6.45, 7) is 9.68. The highest BCUT2D eigenvalue weighted by molar-refractivity contribution is 5.91. The van der Waals surface area contributed by atoms with Crippen LogP contribution in [0.5, 0.6) is 0 Å². The maximum absolute atomic E-state index is 12.6. The van der Waals surface area contributed by atoms with Crippen LogP contribution < -0.4 is 0 Å². The molecule has 4 heteroatoms. The Balaban J connectivity index is 1.93. The van der Waals surface area contributed by atoms with E-state index in [1.54, 1.807) is 6.92 Å². The Bertz CT molecular complexity index is 693. The van der Waals surface area contributed by atoms with Crippen LogP contribution in [0.4, 0.5) is 0 Å². The summed E-state index contributed by atoms with van der Waals surface area (Å²) in [4.78, 5) is 36.5. The summed E-state index contributed by atoms with van der Waals surface area (Å²) in [7, 11) is 0. The number of rotatable bonds is 2. The lowest BCUT2D eigenvalue weighted by Crippen LogP contribution is -2.47. The van der Waals surface area contributed by atoms with Crippen LogP contribution in [0, 0.1) is 29.1 Å². The minimum Gasteiger partial charge on any atom is -0.451 e. The van der Waals surface area contributed by atoms with Gasteiger partial charge in [-0.2, -0.15) is 0 Å². The molecule has 3 aliphatic rings. The average molecular weight is 389 g/mol. The second-order valence-corrected chi connectivity index (χ2v) is 9.90. The van der Waals surface area contributed by atoms with Crippen molar-refractivity contribution in [1.82, 2.24) is 0 Å². The maximum Gasteiger partial charge on any atom is 0.303 e. The molecule has 0 aromatic heterocycles. The fourth-order valence-electron chi connectivity index (χ4n) is 6.72.